The Morgan fingerprint density at radius 2 is 0.905 bits per heavy atom. The minimum absolute atomic E-state index is 0.0362. The van der Waals surface area contributed by atoms with Crippen molar-refractivity contribution >= 4 is 66.4 Å². The summed E-state index contributed by atoms with van der Waals surface area (Å²) in [4.78, 5) is 19.1. The van der Waals surface area contributed by atoms with E-state index < -0.39 is 11.2 Å². The van der Waals surface area contributed by atoms with E-state index in [1.807, 2.05) is 90.3 Å². The maximum absolute atomic E-state index is 14.0. The third kappa shape index (κ3) is 9.42. The Kier molecular flexibility index (Phi) is 13.3. The van der Waals surface area contributed by atoms with Crippen LogP contribution in [0.15, 0.2) is 132 Å². The molecule has 2 N–H and O–H groups in total. The van der Waals surface area contributed by atoms with E-state index in [1.54, 1.807) is 24.3 Å². The quantitative estimate of drug-likeness (QED) is 0.141. The number of nitrogens with zero attached hydrogens (tertiary/aromatic N) is 6. The Hall–Kier alpha value is -6.70. The Bertz CT molecular complexity index is 3310. The standard InChI is InChI=1S/2C31H32FN3O2/c2*1-19-25(10-13-33-19)22-16-28-29(34-18-22)26-9-6-23(31(2,3)36)17-27(26)35(28)30(21-11-14-37-15-12-21)20-4-7-24(32)8-5-20/h2*4-10,16-18,21,30,36H,11-15H2,1-3H3. The van der Waals surface area contributed by atoms with E-state index in [1.165, 1.54) is 0 Å². The van der Waals surface area contributed by atoms with Gasteiger partial charge < -0.3 is 28.8 Å². The van der Waals surface area contributed by atoms with E-state index in [2.05, 4.69) is 67.7 Å². The number of fused-ring (bicyclic) bond motifs is 6. The van der Waals surface area contributed by atoms with E-state index in [-0.39, 0.29) is 23.7 Å². The van der Waals surface area contributed by atoms with Crippen molar-refractivity contribution in [1.29, 1.82) is 0 Å². The first-order valence-corrected chi connectivity index (χ1v) is 26.1. The molecule has 4 aromatic carbocycles. The van der Waals surface area contributed by atoms with E-state index in [4.69, 9.17) is 19.4 Å². The van der Waals surface area contributed by atoms with Gasteiger partial charge in [0, 0.05) is 83.3 Å². The molecule has 4 aromatic heterocycles. The molecular formula is C62H64F2N6O4. The van der Waals surface area contributed by atoms with Crippen LogP contribution in [0.3, 0.4) is 0 Å². The average Bonchev–Trinajstić information content (AvgIpc) is 4.18. The Morgan fingerprint density at radius 3 is 1.24 bits per heavy atom. The van der Waals surface area contributed by atoms with Crippen LogP contribution in [0.25, 0.3) is 55.0 Å². The number of hydrogen-bond acceptors (Lipinski definition) is 8. The fourth-order valence-corrected chi connectivity index (χ4v) is 11.8. The number of pyridine rings is 2. The molecule has 74 heavy (non-hydrogen) atoms. The number of ether oxygens (including phenoxy) is 2. The van der Waals surface area contributed by atoms with Crippen molar-refractivity contribution in [3.63, 3.8) is 0 Å². The molecule has 2 saturated heterocycles. The van der Waals surface area contributed by atoms with Gasteiger partial charge in [-0.05, 0) is 150 Å². The fraction of sp³-hybridized carbons (Fsp3) is 0.355. The zero-order valence-electron chi connectivity index (χ0n) is 43.1. The molecular weight excluding hydrogens is 931 g/mol. The molecule has 0 bridgehead atoms. The van der Waals surface area contributed by atoms with Crippen LogP contribution >= 0.6 is 0 Å². The van der Waals surface area contributed by atoms with Crippen molar-refractivity contribution in [2.75, 3.05) is 39.5 Å². The van der Waals surface area contributed by atoms with Gasteiger partial charge in [-0.25, -0.2) is 8.78 Å². The van der Waals surface area contributed by atoms with Gasteiger partial charge in [-0.1, -0.05) is 60.7 Å². The van der Waals surface area contributed by atoms with Crippen molar-refractivity contribution in [2.45, 2.75) is 90.5 Å². The van der Waals surface area contributed by atoms with Crippen molar-refractivity contribution in [3.8, 4) is 0 Å². The van der Waals surface area contributed by atoms with Gasteiger partial charge in [-0.3, -0.25) is 20.0 Å². The molecule has 0 spiro atoms. The zero-order chi connectivity index (χ0) is 51.5. The Balaban J connectivity index is 0.000000159. The smallest absolute Gasteiger partial charge is 0.123 e. The molecule has 12 rings (SSSR count). The molecule has 4 aliphatic rings. The lowest BCUT2D eigenvalue weighted by Crippen LogP contribution is -2.27. The second-order valence-electron chi connectivity index (χ2n) is 21.5. The summed E-state index contributed by atoms with van der Waals surface area (Å²) >= 11 is 0. The average molecular weight is 995 g/mol. The van der Waals surface area contributed by atoms with Crippen molar-refractivity contribution in [2.24, 2.45) is 21.8 Å². The molecule has 10 nitrogen and oxygen atoms in total. The molecule has 2 atom stereocenters. The number of aliphatic imine (C=N–C) groups is 2. The van der Waals surface area contributed by atoms with Crippen LogP contribution in [0, 0.1) is 23.5 Å². The highest BCUT2D eigenvalue weighted by Crippen LogP contribution is 2.44. The second-order valence-corrected chi connectivity index (χ2v) is 21.5. The zero-order valence-corrected chi connectivity index (χ0v) is 43.1. The molecule has 0 saturated carbocycles. The summed E-state index contributed by atoms with van der Waals surface area (Å²) in [6.45, 7) is 15.5. The number of halogens is 2. The van der Waals surface area contributed by atoms with E-state index >= 15 is 0 Å². The van der Waals surface area contributed by atoms with Crippen LogP contribution in [0.2, 0.25) is 0 Å². The number of allylic oxidation sites excluding steroid dienone is 2. The first kappa shape index (κ1) is 49.5. The summed E-state index contributed by atoms with van der Waals surface area (Å²) in [5, 5.41) is 23.8. The highest BCUT2D eigenvalue weighted by molar-refractivity contribution is 6.25. The summed E-state index contributed by atoms with van der Waals surface area (Å²) in [6.07, 6.45) is 11.8. The van der Waals surface area contributed by atoms with Crippen molar-refractivity contribution in [3.05, 3.63) is 167 Å². The third-order valence-corrected chi connectivity index (χ3v) is 15.7. The molecule has 12 heteroatoms. The maximum atomic E-state index is 14.0. The van der Waals surface area contributed by atoms with E-state index in [0.717, 1.165) is 126 Å². The predicted molar refractivity (Wildman–Crippen MR) is 293 cm³/mol. The number of aliphatic hydroxyl groups is 2. The first-order chi connectivity index (χ1) is 35.6. The Morgan fingerprint density at radius 1 is 0.527 bits per heavy atom. The third-order valence-electron chi connectivity index (χ3n) is 15.7. The van der Waals surface area contributed by atoms with Gasteiger partial charge in [0.15, 0.2) is 0 Å². The number of aromatic nitrogens is 4. The largest absolute Gasteiger partial charge is 0.386 e. The highest BCUT2D eigenvalue weighted by Gasteiger charge is 2.33. The summed E-state index contributed by atoms with van der Waals surface area (Å²) < 4.78 is 44.2. The van der Waals surface area contributed by atoms with Crippen LogP contribution < -0.4 is 0 Å². The van der Waals surface area contributed by atoms with Gasteiger partial charge in [-0.2, -0.15) is 0 Å². The normalized spacial score (nSPS) is 17.9. The van der Waals surface area contributed by atoms with Crippen molar-refractivity contribution < 1.29 is 28.5 Å². The number of rotatable bonds is 10. The summed E-state index contributed by atoms with van der Waals surface area (Å²) in [7, 11) is 0. The monoisotopic (exact) mass is 994 g/mol. The van der Waals surface area contributed by atoms with Crippen LogP contribution in [-0.4, -0.2) is 80.3 Å². The summed E-state index contributed by atoms with van der Waals surface area (Å²) in [5.41, 5.74) is 14.1. The van der Waals surface area contributed by atoms with Gasteiger partial charge >= 0.3 is 0 Å². The summed E-state index contributed by atoms with van der Waals surface area (Å²) in [5.74, 6) is 0.128. The maximum Gasteiger partial charge on any atom is 0.123 e. The molecule has 0 aliphatic carbocycles. The summed E-state index contributed by atoms with van der Waals surface area (Å²) in [6, 6.07) is 30.5. The lowest BCUT2D eigenvalue weighted by Gasteiger charge is -2.33. The minimum Gasteiger partial charge on any atom is -0.386 e. The molecule has 0 radical (unpaired) electrons. The fourth-order valence-electron chi connectivity index (χ4n) is 11.8. The molecule has 380 valence electrons. The van der Waals surface area contributed by atoms with Crippen LogP contribution in [-0.2, 0) is 20.7 Å². The number of benzene rings is 4. The van der Waals surface area contributed by atoms with E-state index in [0.29, 0.717) is 51.4 Å². The lowest BCUT2D eigenvalue weighted by atomic mass is 9.86. The highest BCUT2D eigenvalue weighted by atomic mass is 19.1. The van der Waals surface area contributed by atoms with Crippen LogP contribution in [0.1, 0.15) is 113 Å². The Labute approximate surface area is 430 Å². The van der Waals surface area contributed by atoms with Gasteiger partial charge in [0.05, 0.1) is 69.5 Å². The first-order valence-electron chi connectivity index (χ1n) is 26.1. The molecule has 4 aliphatic heterocycles. The van der Waals surface area contributed by atoms with Crippen molar-refractivity contribution in [1.82, 2.24) is 19.1 Å². The lowest BCUT2D eigenvalue weighted by molar-refractivity contribution is 0.0551. The number of hydrogen-bond donors (Lipinski definition) is 2. The van der Waals surface area contributed by atoms with E-state index in [9.17, 15) is 19.0 Å². The molecule has 2 unspecified atom stereocenters. The minimum atomic E-state index is -0.986. The van der Waals surface area contributed by atoms with Gasteiger partial charge in [0.25, 0.3) is 0 Å². The van der Waals surface area contributed by atoms with Gasteiger partial charge in [-0.15, -0.1) is 0 Å². The molecule has 8 aromatic rings. The molecule has 8 heterocycles. The SMILES string of the molecule is CC1=NCC=C1c1cnc2c3ccc(C(C)(C)O)cc3n(C(c3ccc(F)cc3)C3CCOCC3)c2c1.CC1=NCC=C1c1cnc2c3ccc(C(C)(C)O)cc3n(C(c3ccc(F)cc3)C3CCOCC3)c2c1. The van der Waals surface area contributed by atoms with Gasteiger partial charge in [0.2, 0.25) is 0 Å². The topological polar surface area (TPSA) is 119 Å². The van der Waals surface area contributed by atoms with Crippen LogP contribution in [0.5, 0.6) is 0 Å². The van der Waals surface area contributed by atoms with Gasteiger partial charge in [0.1, 0.15) is 11.6 Å². The second kappa shape index (κ2) is 19.9. The molecule has 0 amide bonds. The van der Waals surface area contributed by atoms with Crippen LogP contribution in [0.4, 0.5) is 8.78 Å². The molecule has 2 fully saturated rings. The predicted octanol–water partition coefficient (Wildman–Crippen LogP) is 12.9.